The van der Waals surface area contributed by atoms with Gasteiger partial charge in [-0.2, -0.15) is 0 Å². The summed E-state index contributed by atoms with van der Waals surface area (Å²) in [5.74, 6) is -0.293. The van der Waals surface area contributed by atoms with Gasteiger partial charge in [0.2, 0.25) is 0 Å². The largest absolute Gasteiger partial charge is 0.466 e. The topological polar surface area (TPSA) is 26.3 Å². The third-order valence-electron chi connectivity index (χ3n) is 1.49. The molecule has 0 saturated heterocycles. The van der Waals surface area contributed by atoms with Crippen LogP contribution in [0.5, 0.6) is 0 Å². The van der Waals surface area contributed by atoms with Gasteiger partial charge in [-0.3, -0.25) is 0 Å². The predicted octanol–water partition coefficient (Wildman–Crippen LogP) is 3.02. The first-order valence-electron chi connectivity index (χ1n) is 4.14. The third kappa shape index (κ3) is 6.40. The first-order chi connectivity index (χ1) is 5.70. The number of methoxy groups -OCH3 is 1. The maximum atomic E-state index is 10.7. The molecule has 3 heteroatoms. The van der Waals surface area contributed by atoms with E-state index >= 15 is 0 Å². The highest BCUT2D eigenvalue weighted by Crippen LogP contribution is 2.14. The average molecular weight is 235 g/mol. The van der Waals surface area contributed by atoms with Gasteiger partial charge in [0.25, 0.3) is 0 Å². The fraction of sp³-hybridized carbons (Fsp3) is 0.667. The molecule has 0 aliphatic carbocycles. The van der Waals surface area contributed by atoms with Gasteiger partial charge in [0.15, 0.2) is 0 Å². The van der Waals surface area contributed by atoms with Crippen molar-refractivity contribution in [2.24, 2.45) is 0 Å². The molecule has 0 saturated carbocycles. The lowest BCUT2D eigenvalue weighted by Crippen LogP contribution is -1.94. The molecule has 2 nitrogen and oxygen atoms in total. The van der Waals surface area contributed by atoms with E-state index in [1.54, 1.807) is 0 Å². The van der Waals surface area contributed by atoms with Gasteiger partial charge in [-0.05, 0) is 12.8 Å². The highest BCUT2D eigenvalue weighted by Gasteiger charge is 1.97. The van der Waals surface area contributed by atoms with E-state index in [2.05, 4.69) is 27.6 Å². The van der Waals surface area contributed by atoms with Crippen molar-refractivity contribution in [3.05, 3.63) is 10.6 Å². The molecule has 0 aromatic rings. The number of carbonyl (C=O) groups is 1. The molecule has 0 rings (SSSR count). The normalized spacial score (nSPS) is 11.4. The van der Waals surface area contributed by atoms with Crippen LogP contribution in [0, 0.1) is 0 Å². The average Bonchev–Trinajstić information content (AvgIpc) is 2.05. The zero-order valence-electron chi connectivity index (χ0n) is 7.60. The van der Waals surface area contributed by atoms with Gasteiger partial charge in [0.1, 0.15) is 0 Å². The quantitative estimate of drug-likeness (QED) is 0.416. The summed E-state index contributed by atoms with van der Waals surface area (Å²) in [6.07, 6.45) is 5.91. The molecule has 0 bridgehead atoms. The van der Waals surface area contributed by atoms with Crippen molar-refractivity contribution in [2.75, 3.05) is 7.11 Å². The predicted molar refractivity (Wildman–Crippen MR) is 53.2 cm³/mol. The van der Waals surface area contributed by atoms with Gasteiger partial charge < -0.3 is 4.74 Å². The highest BCUT2D eigenvalue weighted by atomic mass is 79.9. The van der Waals surface area contributed by atoms with Crippen LogP contribution >= 0.6 is 15.9 Å². The summed E-state index contributed by atoms with van der Waals surface area (Å²) < 4.78 is 5.40. The monoisotopic (exact) mass is 234 g/mol. The van der Waals surface area contributed by atoms with Gasteiger partial charge in [-0.25, -0.2) is 4.79 Å². The van der Waals surface area contributed by atoms with Crippen molar-refractivity contribution in [3.8, 4) is 0 Å². The second kappa shape index (κ2) is 7.35. The van der Waals surface area contributed by atoms with Crippen LogP contribution in [0.1, 0.15) is 32.6 Å². The van der Waals surface area contributed by atoms with Crippen molar-refractivity contribution >= 4 is 21.9 Å². The molecule has 0 aromatic heterocycles. The van der Waals surface area contributed by atoms with Crippen LogP contribution in [-0.2, 0) is 9.53 Å². The van der Waals surface area contributed by atoms with E-state index < -0.39 is 0 Å². The maximum absolute atomic E-state index is 10.7. The van der Waals surface area contributed by atoms with Crippen LogP contribution in [0.25, 0.3) is 0 Å². The summed E-state index contributed by atoms with van der Waals surface area (Å²) in [6.45, 7) is 2.15. The minimum atomic E-state index is -0.293. The summed E-state index contributed by atoms with van der Waals surface area (Å²) in [4.78, 5) is 10.7. The first-order valence-corrected chi connectivity index (χ1v) is 4.94. The Morgan fingerprint density at radius 2 is 2.17 bits per heavy atom. The minimum Gasteiger partial charge on any atom is -0.466 e. The lowest BCUT2D eigenvalue weighted by atomic mass is 10.2. The number of allylic oxidation sites excluding steroid dienone is 1. The fourth-order valence-electron chi connectivity index (χ4n) is 0.803. The molecule has 0 aliphatic heterocycles. The molecule has 0 amide bonds. The molecule has 0 fully saturated rings. The molecule has 0 aliphatic rings. The number of ether oxygens (including phenoxy) is 1. The smallest absolute Gasteiger partial charge is 0.331 e. The summed E-state index contributed by atoms with van der Waals surface area (Å²) in [6, 6.07) is 0. The minimum absolute atomic E-state index is 0.293. The summed E-state index contributed by atoms with van der Waals surface area (Å²) in [7, 11) is 1.38. The molecule has 0 N–H and O–H groups in total. The second-order valence-electron chi connectivity index (χ2n) is 2.57. The Hall–Kier alpha value is -0.310. The molecular weight excluding hydrogens is 220 g/mol. The molecule has 0 aromatic carbocycles. The molecular formula is C9H15BrO2. The maximum Gasteiger partial charge on any atom is 0.331 e. The van der Waals surface area contributed by atoms with E-state index in [0.29, 0.717) is 0 Å². The fourth-order valence-corrected chi connectivity index (χ4v) is 1.27. The number of esters is 1. The van der Waals surface area contributed by atoms with Crippen LogP contribution in [-0.4, -0.2) is 13.1 Å². The Bertz CT molecular complexity index is 164. The number of rotatable bonds is 5. The summed E-state index contributed by atoms with van der Waals surface area (Å²) in [5, 5.41) is 0. The van der Waals surface area contributed by atoms with E-state index in [0.717, 1.165) is 17.3 Å². The van der Waals surface area contributed by atoms with Crippen LogP contribution < -0.4 is 0 Å². The molecule has 0 atom stereocenters. The SMILES string of the molecule is CCCCCC(Br)=CC(=O)OC. The molecule has 12 heavy (non-hydrogen) atoms. The number of hydrogen-bond donors (Lipinski definition) is 0. The van der Waals surface area contributed by atoms with Gasteiger partial charge in [0, 0.05) is 10.6 Å². The highest BCUT2D eigenvalue weighted by molar-refractivity contribution is 9.11. The zero-order valence-corrected chi connectivity index (χ0v) is 9.19. The number of unbranched alkanes of at least 4 members (excludes halogenated alkanes) is 2. The van der Waals surface area contributed by atoms with Gasteiger partial charge in [-0.15, -0.1) is 0 Å². The third-order valence-corrected chi connectivity index (χ3v) is 2.12. The van der Waals surface area contributed by atoms with E-state index in [4.69, 9.17) is 0 Å². The Labute approximate surface area is 82.1 Å². The number of hydrogen-bond acceptors (Lipinski definition) is 2. The second-order valence-corrected chi connectivity index (χ2v) is 3.59. The van der Waals surface area contributed by atoms with Crippen LogP contribution in [0.4, 0.5) is 0 Å². The Kier molecular flexibility index (Phi) is 7.16. The standard InChI is InChI=1S/C9H15BrO2/c1-3-4-5-6-8(10)7-9(11)12-2/h7H,3-6H2,1-2H3. The van der Waals surface area contributed by atoms with E-state index in [-0.39, 0.29) is 5.97 Å². The van der Waals surface area contributed by atoms with Crippen molar-refractivity contribution in [1.82, 2.24) is 0 Å². The van der Waals surface area contributed by atoms with Gasteiger partial charge >= 0.3 is 5.97 Å². The zero-order chi connectivity index (χ0) is 9.40. The first kappa shape index (κ1) is 11.7. The molecule has 0 heterocycles. The van der Waals surface area contributed by atoms with Gasteiger partial charge in [-0.1, -0.05) is 35.7 Å². The van der Waals surface area contributed by atoms with Crippen molar-refractivity contribution < 1.29 is 9.53 Å². The molecule has 0 unspecified atom stereocenters. The van der Waals surface area contributed by atoms with E-state index in [1.165, 1.54) is 26.0 Å². The molecule has 70 valence electrons. The van der Waals surface area contributed by atoms with Crippen LogP contribution in [0.2, 0.25) is 0 Å². The lowest BCUT2D eigenvalue weighted by Gasteiger charge is -1.97. The van der Waals surface area contributed by atoms with E-state index in [1.807, 2.05) is 0 Å². The Balaban J connectivity index is 3.62. The van der Waals surface area contributed by atoms with Crippen molar-refractivity contribution in [2.45, 2.75) is 32.6 Å². The van der Waals surface area contributed by atoms with Crippen molar-refractivity contribution in [3.63, 3.8) is 0 Å². The Morgan fingerprint density at radius 1 is 1.50 bits per heavy atom. The summed E-state index contributed by atoms with van der Waals surface area (Å²) in [5.41, 5.74) is 0. The number of halogens is 1. The summed E-state index contributed by atoms with van der Waals surface area (Å²) >= 11 is 3.31. The van der Waals surface area contributed by atoms with Crippen LogP contribution in [0.15, 0.2) is 10.6 Å². The van der Waals surface area contributed by atoms with Crippen molar-refractivity contribution in [1.29, 1.82) is 0 Å². The molecule has 0 spiro atoms. The number of carbonyl (C=O) groups excluding carboxylic acids is 1. The van der Waals surface area contributed by atoms with Gasteiger partial charge in [0.05, 0.1) is 7.11 Å². The van der Waals surface area contributed by atoms with Crippen LogP contribution in [0.3, 0.4) is 0 Å². The Morgan fingerprint density at radius 3 is 2.67 bits per heavy atom. The molecule has 0 radical (unpaired) electrons. The van der Waals surface area contributed by atoms with E-state index in [9.17, 15) is 4.79 Å². The lowest BCUT2D eigenvalue weighted by molar-refractivity contribution is -0.134.